The molecule has 0 bridgehead atoms. The van der Waals surface area contributed by atoms with E-state index in [0.29, 0.717) is 33.4 Å². The SMILES string of the molecule is N#Cc1ccc(Cl)cc1NCc1c(O)cccc1Cl. The third-order valence-electron chi connectivity index (χ3n) is 2.65. The number of nitrogens with zero attached hydrogens (tertiary/aromatic N) is 1. The van der Waals surface area contributed by atoms with E-state index in [-0.39, 0.29) is 5.75 Å². The van der Waals surface area contributed by atoms with E-state index in [2.05, 4.69) is 11.4 Å². The Labute approximate surface area is 121 Å². The number of phenolic OH excluding ortho intramolecular Hbond substituents is 1. The van der Waals surface area contributed by atoms with Gasteiger partial charge in [0.05, 0.1) is 11.3 Å². The van der Waals surface area contributed by atoms with E-state index in [1.165, 1.54) is 0 Å². The number of nitrogens with one attached hydrogen (secondary N) is 1. The van der Waals surface area contributed by atoms with Crippen LogP contribution in [0.25, 0.3) is 0 Å². The van der Waals surface area contributed by atoms with Gasteiger partial charge in [0.1, 0.15) is 11.8 Å². The smallest absolute Gasteiger partial charge is 0.122 e. The normalized spacial score (nSPS) is 9.95. The molecule has 0 fully saturated rings. The lowest BCUT2D eigenvalue weighted by Gasteiger charge is -2.11. The monoisotopic (exact) mass is 292 g/mol. The molecule has 0 aliphatic heterocycles. The average Bonchev–Trinajstić information content (AvgIpc) is 2.38. The molecule has 0 amide bonds. The van der Waals surface area contributed by atoms with Crippen molar-refractivity contribution in [3.05, 3.63) is 57.6 Å². The Kier molecular flexibility index (Phi) is 4.16. The highest BCUT2D eigenvalue weighted by molar-refractivity contribution is 6.31. The third kappa shape index (κ3) is 3.11. The zero-order chi connectivity index (χ0) is 13.8. The highest BCUT2D eigenvalue weighted by Crippen LogP contribution is 2.27. The van der Waals surface area contributed by atoms with Gasteiger partial charge in [-0.1, -0.05) is 29.3 Å². The zero-order valence-electron chi connectivity index (χ0n) is 9.82. The molecule has 2 aromatic carbocycles. The molecule has 0 aromatic heterocycles. The van der Waals surface area contributed by atoms with Gasteiger partial charge in [-0.25, -0.2) is 0 Å². The van der Waals surface area contributed by atoms with Gasteiger partial charge >= 0.3 is 0 Å². The summed E-state index contributed by atoms with van der Waals surface area (Å²) in [6.45, 7) is 0.306. The van der Waals surface area contributed by atoms with Gasteiger partial charge in [-0.2, -0.15) is 5.26 Å². The van der Waals surface area contributed by atoms with E-state index in [1.54, 1.807) is 36.4 Å². The second-order valence-electron chi connectivity index (χ2n) is 3.89. The van der Waals surface area contributed by atoms with Crippen LogP contribution in [-0.4, -0.2) is 5.11 Å². The topological polar surface area (TPSA) is 56.0 Å². The molecule has 0 aliphatic rings. The lowest BCUT2D eigenvalue weighted by molar-refractivity contribution is 0.469. The number of phenols is 1. The quantitative estimate of drug-likeness (QED) is 0.892. The average molecular weight is 293 g/mol. The van der Waals surface area contributed by atoms with Gasteiger partial charge in [0.2, 0.25) is 0 Å². The summed E-state index contributed by atoms with van der Waals surface area (Å²) in [6.07, 6.45) is 0. The predicted octanol–water partition coefficient (Wildman–Crippen LogP) is 4.18. The third-order valence-corrected chi connectivity index (χ3v) is 3.24. The van der Waals surface area contributed by atoms with Gasteiger partial charge in [-0.15, -0.1) is 0 Å². The van der Waals surface area contributed by atoms with Crippen molar-refractivity contribution < 1.29 is 5.11 Å². The van der Waals surface area contributed by atoms with Crippen LogP contribution in [0, 0.1) is 11.3 Å². The largest absolute Gasteiger partial charge is 0.508 e. The fraction of sp³-hybridized carbons (Fsp3) is 0.0714. The first-order chi connectivity index (χ1) is 9.11. The van der Waals surface area contributed by atoms with Crippen molar-refractivity contribution in [1.29, 1.82) is 5.26 Å². The molecule has 0 heterocycles. The Morgan fingerprint density at radius 2 is 2.00 bits per heavy atom. The Morgan fingerprint density at radius 3 is 2.68 bits per heavy atom. The summed E-state index contributed by atoms with van der Waals surface area (Å²) in [6, 6.07) is 11.9. The van der Waals surface area contributed by atoms with Crippen molar-refractivity contribution in [3.8, 4) is 11.8 Å². The number of hydrogen-bond acceptors (Lipinski definition) is 3. The number of anilines is 1. The lowest BCUT2D eigenvalue weighted by Crippen LogP contribution is -2.02. The van der Waals surface area contributed by atoms with Gasteiger partial charge < -0.3 is 10.4 Å². The molecule has 0 aliphatic carbocycles. The summed E-state index contributed by atoms with van der Waals surface area (Å²) >= 11 is 11.9. The first-order valence-electron chi connectivity index (χ1n) is 5.51. The summed E-state index contributed by atoms with van der Waals surface area (Å²) in [5.41, 5.74) is 1.67. The van der Waals surface area contributed by atoms with E-state index in [0.717, 1.165) is 0 Å². The van der Waals surface area contributed by atoms with Crippen molar-refractivity contribution in [2.45, 2.75) is 6.54 Å². The van der Waals surface area contributed by atoms with Crippen molar-refractivity contribution >= 4 is 28.9 Å². The second-order valence-corrected chi connectivity index (χ2v) is 4.74. The Morgan fingerprint density at radius 1 is 1.21 bits per heavy atom. The Balaban J connectivity index is 2.24. The maximum atomic E-state index is 9.73. The Bertz CT molecular complexity index is 630. The van der Waals surface area contributed by atoms with Crippen molar-refractivity contribution in [2.24, 2.45) is 0 Å². The van der Waals surface area contributed by atoms with E-state index in [1.807, 2.05) is 0 Å². The second kappa shape index (κ2) is 5.83. The van der Waals surface area contributed by atoms with Crippen LogP contribution in [0.1, 0.15) is 11.1 Å². The van der Waals surface area contributed by atoms with Crippen LogP contribution < -0.4 is 5.32 Å². The lowest BCUT2D eigenvalue weighted by atomic mass is 10.1. The molecule has 3 nitrogen and oxygen atoms in total. The molecule has 0 atom stereocenters. The van der Waals surface area contributed by atoms with Crippen molar-refractivity contribution in [2.75, 3.05) is 5.32 Å². The molecule has 0 saturated carbocycles. The standard InChI is InChI=1S/C14H10Cl2N2O/c15-10-5-4-9(7-17)13(6-10)18-8-11-12(16)2-1-3-14(11)19/h1-6,18-19H,8H2. The maximum absolute atomic E-state index is 9.73. The fourth-order valence-corrected chi connectivity index (χ4v) is 2.07. The maximum Gasteiger partial charge on any atom is 0.122 e. The summed E-state index contributed by atoms with van der Waals surface area (Å²) in [7, 11) is 0. The molecular formula is C14H10Cl2N2O. The highest BCUT2D eigenvalue weighted by Gasteiger charge is 2.08. The fourth-order valence-electron chi connectivity index (χ4n) is 1.67. The van der Waals surface area contributed by atoms with Gasteiger partial charge in [0.25, 0.3) is 0 Å². The molecule has 0 radical (unpaired) electrons. The van der Waals surface area contributed by atoms with Crippen LogP contribution in [0.5, 0.6) is 5.75 Å². The number of hydrogen-bond donors (Lipinski definition) is 2. The molecule has 96 valence electrons. The molecule has 2 rings (SSSR count). The first kappa shape index (κ1) is 13.5. The van der Waals surface area contributed by atoms with Crippen molar-refractivity contribution in [3.63, 3.8) is 0 Å². The van der Waals surface area contributed by atoms with Gasteiger partial charge in [-0.3, -0.25) is 0 Å². The van der Waals surface area contributed by atoms with Crippen LogP contribution in [-0.2, 0) is 6.54 Å². The van der Waals surface area contributed by atoms with Crippen LogP contribution >= 0.6 is 23.2 Å². The highest BCUT2D eigenvalue weighted by atomic mass is 35.5. The first-order valence-corrected chi connectivity index (χ1v) is 6.27. The molecule has 2 N–H and O–H groups in total. The molecular weight excluding hydrogens is 283 g/mol. The van der Waals surface area contributed by atoms with Crippen LogP contribution in [0.3, 0.4) is 0 Å². The van der Waals surface area contributed by atoms with Crippen molar-refractivity contribution in [1.82, 2.24) is 0 Å². The summed E-state index contributed by atoms with van der Waals surface area (Å²) in [4.78, 5) is 0. The predicted molar refractivity (Wildman–Crippen MR) is 76.6 cm³/mol. The minimum Gasteiger partial charge on any atom is -0.508 e. The zero-order valence-corrected chi connectivity index (χ0v) is 11.3. The molecule has 0 saturated heterocycles. The summed E-state index contributed by atoms with van der Waals surface area (Å²) in [5, 5.41) is 22.8. The van der Waals surface area contributed by atoms with Crippen LogP contribution in [0.2, 0.25) is 10.0 Å². The number of halogens is 2. The van der Waals surface area contributed by atoms with Gasteiger partial charge in [0.15, 0.2) is 0 Å². The van der Waals surface area contributed by atoms with E-state index in [9.17, 15) is 5.11 Å². The van der Waals surface area contributed by atoms with Gasteiger partial charge in [0, 0.05) is 22.2 Å². The van der Waals surface area contributed by atoms with E-state index < -0.39 is 0 Å². The number of benzene rings is 2. The number of aromatic hydroxyl groups is 1. The summed E-state index contributed by atoms with van der Waals surface area (Å²) < 4.78 is 0. The van der Waals surface area contributed by atoms with Crippen LogP contribution in [0.15, 0.2) is 36.4 Å². The van der Waals surface area contributed by atoms with Gasteiger partial charge in [-0.05, 0) is 30.3 Å². The summed E-state index contributed by atoms with van der Waals surface area (Å²) in [5.74, 6) is 0.112. The number of nitriles is 1. The molecule has 0 spiro atoms. The minimum absolute atomic E-state index is 0.112. The molecule has 0 unspecified atom stereocenters. The van der Waals surface area contributed by atoms with Crippen LogP contribution in [0.4, 0.5) is 5.69 Å². The minimum atomic E-state index is 0.112. The Hall–Kier alpha value is -1.89. The molecule has 19 heavy (non-hydrogen) atoms. The van der Waals surface area contributed by atoms with E-state index >= 15 is 0 Å². The molecule has 2 aromatic rings. The number of rotatable bonds is 3. The molecule has 5 heteroatoms. The van der Waals surface area contributed by atoms with E-state index in [4.69, 9.17) is 28.5 Å².